The minimum absolute atomic E-state index is 0.0000368. The van der Waals surface area contributed by atoms with E-state index in [1.54, 1.807) is 31.2 Å². The third kappa shape index (κ3) is 3.06. The third-order valence-corrected chi connectivity index (χ3v) is 3.56. The first kappa shape index (κ1) is 14.8. The Morgan fingerprint density at radius 2 is 2.00 bits per heavy atom. The van der Waals surface area contributed by atoms with Crippen LogP contribution in [0.15, 0.2) is 52.9 Å². The van der Waals surface area contributed by atoms with Crippen LogP contribution in [-0.4, -0.2) is 17.3 Å². The Morgan fingerprint density at radius 3 is 2.74 bits per heavy atom. The summed E-state index contributed by atoms with van der Waals surface area (Å²) in [7, 11) is 0. The highest BCUT2D eigenvalue weighted by molar-refractivity contribution is 6.00. The molecule has 6 nitrogen and oxygen atoms in total. The molecular formula is C17H14N2O4. The van der Waals surface area contributed by atoms with E-state index in [1.165, 1.54) is 6.07 Å². The second-order valence-electron chi connectivity index (χ2n) is 5.18. The van der Waals surface area contributed by atoms with Gasteiger partial charge in [0.15, 0.2) is 5.76 Å². The van der Waals surface area contributed by atoms with Crippen molar-refractivity contribution >= 4 is 28.1 Å². The topological polar surface area (TPSA) is 85.4 Å². The number of fused-ring (bicyclic) bond motifs is 1. The molecule has 0 saturated carbocycles. The van der Waals surface area contributed by atoms with E-state index in [9.17, 15) is 14.9 Å². The Morgan fingerprint density at radius 1 is 1.22 bits per heavy atom. The van der Waals surface area contributed by atoms with Crippen molar-refractivity contribution in [3.8, 4) is 0 Å². The first-order valence-corrected chi connectivity index (χ1v) is 7.05. The maximum Gasteiger partial charge on any atom is 0.274 e. The highest BCUT2D eigenvalue weighted by Crippen LogP contribution is 2.23. The maximum atomic E-state index is 12.2. The molecule has 0 aliphatic rings. The van der Waals surface area contributed by atoms with Crippen LogP contribution in [0.25, 0.3) is 11.0 Å². The second kappa shape index (κ2) is 5.92. The van der Waals surface area contributed by atoms with Crippen LogP contribution in [0.3, 0.4) is 0 Å². The Kier molecular flexibility index (Phi) is 3.80. The van der Waals surface area contributed by atoms with Crippen LogP contribution in [-0.2, 0) is 0 Å². The molecule has 2 aromatic carbocycles. The Bertz CT molecular complexity index is 865. The molecule has 1 aromatic heterocycles. The number of furan rings is 1. The number of hydrogen-bond donors (Lipinski definition) is 1. The predicted octanol–water partition coefficient (Wildman–Crippen LogP) is 3.94. The summed E-state index contributed by atoms with van der Waals surface area (Å²) < 4.78 is 5.50. The number of carbonyl (C=O) groups excluding carboxylic acids is 1. The van der Waals surface area contributed by atoms with E-state index >= 15 is 0 Å². The summed E-state index contributed by atoms with van der Waals surface area (Å²) in [6, 6.07) is 13.8. The summed E-state index contributed by atoms with van der Waals surface area (Å²) in [5.74, 6) is 0.0461. The number of aryl methyl sites for hydroxylation is 1. The van der Waals surface area contributed by atoms with Crippen LogP contribution >= 0.6 is 0 Å². The summed E-state index contributed by atoms with van der Waals surface area (Å²) in [4.78, 5) is 22.7. The van der Waals surface area contributed by atoms with E-state index in [0.29, 0.717) is 16.8 Å². The SMILES string of the molecule is Cc1ccc(NCC(=O)c2cc3ccccc3o2)cc1[N+](=O)[O-]. The van der Waals surface area contributed by atoms with Gasteiger partial charge in [-0.2, -0.15) is 0 Å². The maximum absolute atomic E-state index is 12.2. The molecule has 3 rings (SSSR count). The van der Waals surface area contributed by atoms with Gasteiger partial charge in [0.1, 0.15) is 5.58 Å². The predicted molar refractivity (Wildman–Crippen MR) is 86.9 cm³/mol. The largest absolute Gasteiger partial charge is 0.453 e. The second-order valence-corrected chi connectivity index (χ2v) is 5.18. The number of carbonyl (C=O) groups is 1. The lowest BCUT2D eigenvalue weighted by molar-refractivity contribution is -0.385. The lowest BCUT2D eigenvalue weighted by Crippen LogP contribution is -2.13. The van der Waals surface area contributed by atoms with Gasteiger partial charge >= 0.3 is 0 Å². The highest BCUT2D eigenvalue weighted by Gasteiger charge is 2.14. The average Bonchev–Trinajstić information content (AvgIpc) is 2.97. The lowest BCUT2D eigenvalue weighted by atomic mass is 10.2. The number of nitrogens with zero attached hydrogens (tertiary/aromatic N) is 1. The van der Waals surface area contributed by atoms with Crippen molar-refractivity contribution in [2.75, 3.05) is 11.9 Å². The number of ketones is 1. The Labute approximate surface area is 131 Å². The number of benzene rings is 2. The van der Waals surface area contributed by atoms with Crippen molar-refractivity contribution in [1.82, 2.24) is 0 Å². The van der Waals surface area contributed by atoms with Crippen LogP contribution in [0.1, 0.15) is 16.1 Å². The summed E-state index contributed by atoms with van der Waals surface area (Å²) in [6.07, 6.45) is 0. The Hall–Kier alpha value is -3.15. The number of nitro benzene ring substituents is 1. The average molecular weight is 310 g/mol. The van der Waals surface area contributed by atoms with E-state index in [4.69, 9.17) is 4.42 Å². The molecule has 3 aromatic rings. The first-order valence-electron chi connectivity index (χ1n) is 7.05. The van der Waals surface area contributed by atoms with Gasteiger partial charge in [-0.3, -0.25) is 14.9 Å². The number of rotatable bonds is 5. The summed E-state index contributed by atoms with van der Waals surface area (Å²) in [5, 5.41) is 14.7. The van der Waals surface area contributed by atoms with E-state index < -0.39 is 4.92 Å². The van der Waals surface area contributed by atoms with Gasteiger partial charge in [-0.1, -0.05) is 24.3 Å². The zero-order chi connectivity index (χ0) is 16.4. The molecule has 116 valence electrons. The molecule has 6 heteroatoms. The fourth-order valence-corrected chi connectivity index (χ4v) is 2.30. The van der Waals surface area contributed by atoms with Gasteiger partial charge in [0.25, 0.3) is 5.69 Å². The summed E-state index contributed by atoms with van der Waals surface area (Å²) in [6.45, 7) is 1.67. The van der Waals surface area contributed by atoms with Gasteiger partial charge in [0, 0.05) is 22.7 Å². The van der Waals surface area contributed by atoms with Crippen LogP contribution in [0.5, 0.6) is 0 Å². The van der Waals surface area contributed by atoms with Gasteiger partial charge < -0.3 is 9.73 Å². The molecule has 0 amide bonds. The minimum atomic E-state index is -0.443. The quantitative estimate of drug-likeness (QED) is 0.438. The van der Waals surface area contributed by atoms with Gasteiger partial charge in [-0.05, 0) is 25.1 Å². The van der Waals surface area contributed by atoms with Gasteiger partial charge in [-0.25, -0.2) is 0 Å². The lowest BCUT2D eigenvalue weighted by Gasteiger charge is -2.05. The number of nitrogens with one attached hydrogen (secondary N) is 1. The van der Waals surface area contributed by atoms with Gasteiger partial charge in [0.05, 0.1) is 11.5 Å². The molecule has 0 bridgehead atoms. The molecular weight excluding hydrogens is 296 g/mol. The molecule has 1 heterocycles. The molecule has 23 heavy (non-hydrogen) atoms. The molecule has 0 fully saturated rings. The fraction of sp³-hybridized carbons (Fsp3) is 0.118. The molecule has 1 N–H and O–H groups in total. The van der Waals surface area contributed by atoms with Crippen LogP contribution in [0.2, 0.25) is 0 Å². The van der Waals surface area contributed by atoms with Crippen molar-refractivity contribution in [3.63, 3.8) is 0 Å². The molecule has 0 unspecified atom stereocenters. The molecule has 0 saturated heterocycles. The molecule has 0 radical (unpaired) electrons. The number of Topliss-reactive ketones (excluding diaryl/α,β-unsaturated/α-hetero) is 1. The van der Waals surface area contributed by atoms with Crippen molar-refractivity contribution < 1.29 is 14.1 Å². The van der Waals surface area contributed by atoms with Crippen molar-refractivity contribution in [2.45, 2.75) is 6.92 Å². The van der Waals surface area contributed by atoms with E-state index in [2.05, 4.69) is 5.32 Å². The summed E-state index contributed by atoms with van der Waals surface area (Å²) in [5.41, 5.74) is 1.77. The Balaban J connectivity index is 1.74. The third-order valence-electron chi connectivity index (χ3n) is 3.56. The number of anilines is 1. The first-order chi connectivity index (χ1) is 11.0. The normalized spacial score (nSPS) is 10.7. The van der Waals surface area contributed by atoms with Crippen molar-refractivity contribution in [2.24, 2.45) is 0 Å². The van der Waals surface area contributed by atoms with Crippen LogP contribution in [0, 0.1) is 17.0 Å². The smallest absolute Gasteiger partial charge is 0.274 e. The monoisotopic (exact) mass is 310 g/mol. The van der Waals surface area contributed by atoms with Crippen molar-refractivity contribution in [1.29, 1.82) is 0 Å². The fourth-order valence-electron chi connectivity index (χ4n) is 2.30. The molecule has 0 spiro atoms. The number of nitro groups is 1. The number of para-hydroxylation sites is 1. The zero-order valence-electron chi connectivity index (χ0n) is 12.4. The molecule has 0 aliphatic carbocycles. The van der Waals surface area contributed by atoms with E-state index in [1.807, 2.05) is 18.2 Å². The van der Waals surface area contributed by atoms with E-state index in [0.717, 1.165) is 5.39 Å². The standard InChI is InChI=1S/C17H14N2O4/c1-11-6-7-13(9-14(11)19(21)22)18-10-15(20)17-8-12-4-2-3-5-16(12)23-17/h2-9,18H,10H2,1H3. The van der Waals surface area contributed by atoms with Crippen molar-refractivity contribution in [3.05, 3.63) is 70.0 Å². The van der Waals surface area contributed by atoms with Crippen LogP contribution in [0.4, 0.5) is 11.4 Å². The highest BCUT2D eigenvalue weighted by atomic mass is 16.6. The summed E-state index contributed by atoms with van der Waals surface area (Å²) >= 11 is 0. The number of hydrogen-bond acceptors (Lipinski definition) is 5. The van der Waals surface area contributed by atoms with Crippen LogP contribution < -0.4 is 5.32 Å². The molecule has 0 atom stereocenters. The molecule has 0 aliphatic heterocycles. The zero-order valence-corrected chi connectivity index (χ0v) is 12.4. The van der Waals surface area contributed by atoms with Gasteiger partial charge in [-0.15, -0.1) is 0 Å². The van der Waals surface area contributed by atoms with E-state index in [-0.39, 0.29) is 23.8 Å². The van der Waals surface area contributed by atoms with Gasteiger partial charge in [0.2, 0.25) is 5.78 Å². The minimum Gasteiger partial charge on any atom is -0.453 e.